The number of hydrogen-bond donors (Lipinski definition) is 2. The van der Waals surface area contributed by atoms with Gasteiger partial charge in [0.1, 0.15) is 11.6 Å². The van der Waals surface area contributed by atoms with Crippen LogP contribution in [0.25, 0.3) is 0 Å². The molecular formula is C23H36N6O. The number of aryl methyl sites for hydroxylation is 1. The summed E-state index contributed by atoms with van der Waals surface area (Å²) in [6.07, 6.45) is 5.19. The van der Waals surface area contributed by atoms with E-state index in [0.29, 0.717) is 24.4 Å². The van der Waals surface area contributed by atoms with E-state index in [-0.39, 0.29) is 0 Å². The number of aromatic nitrogens is 3. The molecule has 1 aliphatic carbocycles. The number of guanidine groups is 1. The first kappa shape index (κ1) is 22.1. The summed E-state index contributed by atoms with van der Waals surface area (Å²) < 4.78 is 7.25. The molecule has 1 aromatic carbocycles. The Balaban J connectivity index is 1.67. The standard InChI is InChI=1S/C23H36N6O/c1-17(2)13-23(11-6-12-23)16-26-22(25-15-21-28-27-18(3)29(21)4)24-14-19-7-9-20(30-5)10-8-19/h7-10,17H,6,11-16H2,1-5H3,(H2,24,25,26). The lowest BCUT2D eigenvalue weighted by molar-refractivity contribution is 0.104. The molecule has 2 N–H and O–H groups in total. The van der Waals surface area contributed by atoms with Crippen molar-refractivity contribution in [1.29, 1.82) is 0 Å². The number of hydrogen-bond acceptors (Lipinski definition) is 4. The minimum atomic E-state index is 0.401. The topological polar surface area (TPSA) is 76.4 Å². The first-order chi connectivity index (χ1) is 14.4. The van der Waals surface area contributed by atoms with E-state index >= 15 is 0 Å². The van der Waals surface area contributed by atoms with Crippen LogP contribution >= 0.6 is 0 Å². The molecule has 1 saturated carbocycles. The van der Waals surface area contributed by atoms with Crippen molar-refractivity contribution in [2.75, 3.05) is 13.7 Å². The summed E-state index contributed by atoms with van der Waals surface area (Å²) >= 11 is 0. The highest BCUT2D eigenvalue weighted by atomic mass is 16.5. The fraction of sp³-hybridized carbons (Fsp3) is 0.609. The Labute approximate surface area is 180 Å². The number of aliphatic imine (C=N–C) groups is 1. The van der Waals surface area contributed by atoms with E-state index in [1.54, 1.807) is 7.11 Å². The molecular weight excluding hydrogens is 376 g/mol. The highest BCUT2D eigenvalue weighted by Crippen LogP contribution is 2.45. The summed E-state index contributed by atoms with van der Waals surface area (Å²) in [5, 5.41) is 15.5. The van der Waals surface area contributed by atoms with E-state index < -0.39 is 0 Å². The van der Waals surface area contributed by atoms with Crippen LogP contribution in [0.2, 0.25) is 0 Å². The van der Waals surface area contributed by atoms with Gasteiger partial charge >= 0.3 is 0 Å². The van der Waals surface area contributed by atoms with Crippen LogP contribution in [0.1, 0.15) is 56.7 Å². The summed E-state index contributed by atoms with van der Waals surface area (Å²) in [7, 11) is 3.67. The lowest BCUT2D eigenvalue weighted by Gasteiger charge is -2.43. The predicted molar refractivity (Wildman–Crippen MR) is 120 cm³/mol. The van der Waals surface area contributed by atoms with Gasteiger partial charge < -0.3 is 19.9 Å². The molecule has 1 aromatic heterocycles. The fourth-order valence-electron chi connectivity index (χ4n) is 4.11. The fourth-order valence-corrected chi connectivity index (χ4v) is 4.11. The van der Waals surface area contributed by atoms with Crippen LogP contribution in [0.4, 0.5) is 0 Å². The van der Waals surface area contributed by atoms with Crippen molar-refractivity contribution >= 4 is 5.96 Å². The second-order valence-corrected chi connectivity index (χ2v) is 8.89. The van der Waals surface area contributed by atoms with Gasteiger partial charge in [0.2, 0.25) is 0 Å². The summed E-state index contributed by atoms with van der Waals surface area (Å²) in [4.78, 5) is 4.84. The van der Waals surface area contributed by atoms with E-state index in [2.05, 4.69) is 46.8 Å². The molecule has 0 unspecified atom stereocenters. The van der Waals surface area contributed by atoms with Crippen molar-refractivity contribution in [1.82, 2.24) is 25.4 Å². The van der Waals surface area contributed by atoms with E-state index in [4.69, 9.17) is 9.73 Å². The SMILES string of the molecule is COc1ccc(CN=C(NCc2nnc(C)n2C)NCC2(CC(C)C)CCC2)cc1. The normalized spacial score (nSPS) is 15.7. The van der Waals surface area contributed by atoms with Crippen LogP contribution < -0.4 is 15.4 Å². The molecule has 0 atom stereocenters. The average molecular weight is 413 g/mol. The molecule has 0 spiro atoms. The highest BCUT2D eigenvalue weighted by molar-refractivity contribution is 5.79. The third kappa shape index (κ3) is 5.74. The van der Waals surface area contributed by atoms with Crippen molar-refractivity contribution < 1.29 is 4.74 Å². The van der Waals surface area contributed by atoms with Crippen molar-refractivity contribution in [3.63, 3.8) is 0 Å². The average Bonchev–Trinajstić information content (AvgIpc) is 3.03. The number of rotatable bonds is 9. The first-order valence-corrected chi connectivity index (χ1v) is 10.9. The van der Waals surface area contributed by atoms with Gasteiger partial charge in [0.05, 0.1) is 20.2 Å². The van der Waals surface area contributed by atoms with Gasteiger partial charge in [-0.2, -0.15) is 0 Å². The molecule has 0 bridgehead atoms. The highest BCUT2D eigenvalue weighted by Gasteiger charge is 2.37. The summed E-state index contributed by atoms with van der Waals surface area (Å²) in [6.45, 7) is 8.73. The Hall–Kier alpha value is -2.57. The zero-order valence-corrected chi connectivity index (χ0v) is 19.0. The van der Waals surface area contributed by atoms with Gasteiger partial charge in [0, 0.05) is 13.6 Å². The van der Waals surface area contributed by atoms with Gasteiger partial charge in [-0.15, -0.1) is 10.2 Å². The molecule has 30 heavy (non-hydrogen) atoms. The van der Waals surface area contributed by atoms with Crippen molar-refractivity contribution in [3.8, 4) is 5.75 Å². The van der Waals surface area contributed by atoms with Crippen LogP contribution in [0.15, 0.2) is 29.3 Å². The van der Waals surface area contributed by atoms with Crippen LogP contribution in [0.3, 0.4) is 0 Å². The Bertz CT molecular complexity index is 836. The number of nitrogens with one attached hydrogen (secondary N) is 2. The molecule has 2 aromatic rings. The summed E-state index contributed by atoms with van der Waals surface area (Å²) in [5.74, 6) is 4.19. The van der Waals surface area contributed by atoms with E-state index in [1.807, 2.05) is 30.7 Å². The quantitative estimate of drug-likeness (QED) is 0.486. The molecule has 1 aliphatic rings. The van der Waals surface area contributed by atoms with Gasteiger partial charge in [-0.1, -0.05) is 32.4 Å². The molecule has 0 amide bonds. The second-order valence-electron chi connectivity index (χ2n) is 8.89. The monoisotopic (exact) mass is 412 g/mol. The Morgan fingerprint density at radius 3 is 2.47 bits per heavy atom. The van der Waals surface area contributed by atoms with Crippen LogP contribution in [-0.4, -0.2) is 34.4 Å². The molecule has 7 heteroatoms. The van der Waals surface area contributed by atoms with Crippen molar-refractivity contribution in [3.05, 3.63) is 41.5 Å². The van der Waals surface area contributed by atoms with Crippen LogP contribution in [0.5, 0.6) is 5.75 Å². The smallest absolute Gasteiger partial charge is 0.191 e. The molecule has 0 aliphatic heterocycles. The minimum Gasteiger partial charge on any atom is -0.497 e. The van der Waals surface area contributed by atoms with Crippen LogP contribution in [-0.2, 0) is 20.1 Å². The van der Waals surface area contributed by atoms with E-state index in [1.165, 1.54) is 25.7 Å². The lowest BCUT2D eigenvalue weighted by Crippen LogP contribution is -2.47. The maximum atomic E-state index is 5.25. The number of nitrogens with zero attached hydrogens (tertiary/aromatic N) is 4. The van der Waals surface area contributed by atoms with E-state index in [0.717, 1.165) is 35.5 Å². The van der Waals surface area contributed by atoms with Crippen molar-refractivity contribution in [2.24, 2.45) is 23.4 Å². The number of methoxy groups -OCH3 is 1. The maximum absolute atomic E-state index is 5.25. The van der Waals surface area contributed by atoms with Gasteiger partial charge in [0.15, 0.2) is 11.8 Å². The lowest BCUT2D eigenvalue weighted by atomic mass is 9.64. The first-order valence-electron chi connectivity index (χ1n) is 10.9. The van der Waals surface area contributed by atoms with Gasteiger partial charge in [-0.3, -0.25) is 0 Å². The molecule has 1 heterocycles. The predicted octanol–water partition coefficient (Wildman–Crippen LogP) is 3.58. The third-order valence-electron chi connectivity index (χ3n) is 6.06. The number of ether oxygens (including phenoxy) is 1. The molecule has 7 nitrogen and oxygen atoms in total. The summed E-state index contributed by atoms with van der Waals surface area (Å²) in [5.41, 5.74) is 1.55. The van der Waals surface area contributed by atoms with E-state index in [9.17, 15) is 0 Å². The van der Waals surface area contributed by atoms with Crippen molar-refractivity contribution in [2.45, 2.75) is 59.5 Å². The van der Waals surface area contributed by atoms with Gasteiger partial charge in [0.25, 0.3) is 0 Å². The number of benzene rings is 1. The summed E-state index contributed by atoms with van der Waals surface area (Å²) in [6, 6.07) is 8.05. The largest absolute Gasteiger partial charge is 0.497 e. The van der Waals surface area contributed by atoms with Crippen LogP contribution in [0, 0.1) is 18.3 Å². The minimum absolute atomic E-state index is 0.401. The zero-order chi connectivity index (χ0) is 21.6. The Morgan fingerprint density at radius 2 is 1.93 bits per heavy atom. The molecule has 1 fully saturated rings. The van der Waals surface area contributed by atoms with Gasteiger partial charge in [-0.05, 0) is 55.2 Å². The molecule has 164 valence electrons. The third-order valence-corrected chi connectivity index (χ3v) is 6.06. The maximum Gasteiger partial charge on any atom is 0.191 e. The second kappa shape index (κ2) is 9.96. The zero-order valence-electron chi connectivity index (χ0n) is 19.0. The molecule has 0 radical (unpaired) electrons. The Kier molecular flexibility index (Phi) is 7.34. The molecule has 0 saturated heterocycles. The molecule has 3 rings (SSSR count). The Morgan fingerprint density at radius 1 is 1.20 bits per heavy atom. The van der Waals surface area contributed by atoms with Gasteiger partial charge in [-0.25, -0.2) is 4.99 Å².